The van der Waals surface area contributed by atoms with Crippen molar-refractivity contribution in [2.24, 2.45) is 11.8 Å². The third-order valence-electron chi connectivity index (χ3n) is 17.9. The van der Waals surface area contributed by atoms with Crippen LogP contribution in [-0.2, 0) is 0 Å². The van der Waals surface area contributed by atoms with Gasteiger partial charge in [0.2, 0.25) is 0 Å². The number of aromatic hydroxyl groups is 2. The molecule has 92 heavy (non-hydrogen) atoms. The number of hydrogen-bond acceptors (Lipinski definition) is 12. The highest BCUT2D eigenvalue weighted by atomic mass is 32.2. The Hall–Kier alpha value is -7.54. The van der Waals surface area contributed by atoms with Gasteiger partial charge in [-0.2, -0.15) is 0 Å². The average Bonchev–Trinajstić information content (AvgIpc) is 0.751. The lowest BCUT2D eigenvalue weighted by Gasteiger charge is -2.16. The van der Waals surface area contributed by atoms with Gasteiger partial charge in [-0.15, -0.1) is 0 Å². The predicted molar refractivity (Wildman–Crippen MR) is 389 cm³/mol. The van der Waals surface area contributed by atoms with Gasteiger partial charge in [-0.25, -0.2) is 29.9 Å². The number of phenolic OH excluding ortho intramolecular Hbond substituents is 2. The molecule has 11 rings (SSSR count). The van der Waals surface area contributed by atoms with Crippen molar-refractivity contribution in [2.45, 2.75) is 180 Å². The fraction of sp³-hybridized carbons (Fsp3) is 0.400. The second-order valence-electron chi connectivity index (χ2n) is 24.7. The van der Waals surface area contributed by atoms with Crippen LogP contribution in [0.15, 0.2) is 156 Å². The molecular formula is C80H94N6O4S2. The maximum Gasteiger partial charge on any atom is 0.191 e. The smallest absolute Gasteiger partial charge is 0.191 e. The number of phenols is 2. The van der Waals surface area contributed by atoms with Crippen molar-refractivity contribution in [3.63, 3.8) is 0 Å². The number of rotatable bonds is 34. The molecule has 0 spiro atoms. The van der Waals surface area contributed by atoms with Crippen LogP contribution in [0.2, 0.25) is 0 Å². The van der Waals surface area contributed by atoms with Crippen molar-refractivity contribution in [1.82, 2.24) is 29.9 Å². The van der Waals surface area contributed by atoms with E-state index in [4.69, 9.17) is 39.4 Å². The molecule has 0 saturated heterocycles. The van der Waals surface area contributed by atoms with Gasteiger partial charge < -0.3 is 19.7 Å². The summed E-state index contributed by atoms with van der Waals surface area (Å²) in [5.41, 5.74) is 3.09. The van der Waals surface area contributed by atoms with E-state index in [2.05, 4.69) is 151 Å². The minimum atomic E-state index is 0.112. The van der Waals surface area contributed by atoms with Crippen LogP contribution in [-0.4, -0.2) is 64.8 Å². The highest BCUT2D eigenvalue weighted by Gasteiger charge is 2.21. The zero-order chi connectivity index (χ0) is 64.0. The van der Waals surface area contributed by atoms with Crippen LogP contribution in [0.3, 0.4) is 0 Å². The lowest BCUT2D eigenvalue weighted by molar-refractivity contribution is 0.232. The molecule has 0 aliphatic carbocycles. The minimum Gasteiger partial charge on any atom is -0.507 e. The number of unbranched alkanes of at least 4 members (excludes halogenated alkanes) is 12. The summed E-state index contributed by atoms with van der Waals surface area (Å²) in [6.07, 6.45) is 24.3. The van der Waals surface area contributed by atoms with Gasteiger partial charge in [-0.05, 0) is 128 Å². The molecule has 2 atom stereocenters. The van der Waals surface area contributed by atoms with Gasteiger partial charge in [-0.1, -0.05) is 265 Å². The summed E-state index contributed by atoms with van der Waals surface area (Å²) in [5.74, 6) is 6.67. The van der Waals surface area contributed by atoms with Crippen molar-refractivity contribution in [1.29, 1.82) is 0 Å². The van der Waals surface area contributed by atoms with Crippen LogP contribution in [0.25, 0.3) is 99.4 Å². The Labute approximate surface area is 554 Å². The number of nitrogens with zero attached hydrogens (tertiary/aromatic N) is 6. The highest BCUT2D eigenvalue weighted by Crippen LogP contribution is 2.42. The number of ether oxygens (including phenoxy) is 2. The molecule has 10 nitrogen and oxygen atoms in total. The van der Waals surface area contributed by atoms with E-state index in [-0.39, 0.29) is 11.5 Å². The SMILES string of the molecule is CCCCCCCCCCSc1nc(-c2ccc(OCC(CC)CCCC)cc2O)nc(-c2cc3ccccc3c3ccccc23)n1.CCCCCCSc1nc(-c2ccc(OCC(CC)CCCC)cc2O)nc(-c2ccc3ccc4cccc5ccc2c3c45)n1. The van der Waals surface area contributed by atoms with E-state index in [1.807, 2.05) is 24.3 Å². The van der Waals surface area contributed by atoms with Crippen LogP contribution in [0.1, 0.15) is 170 Å². The standard InChI is InChI=1S/C41H51N3O2S.C39H43N3O2S/c1-4-7-9-10-11-12-13-18-26-47-41-43-39(36-25-24-32(28-38(36)45)46-29-30(6-3)19-8-5-2)42-40(44-41)37-27-31-20-14-15-21-33(31)34-22-16-17-23-35(34)37;1-4-7-9-10-23-45-39-41-37(32-21-18-29-16-15-27-13-11-14-28-17-20-31(32)36(29)35(27)28)40-38(42-39)33-22-19-30(24-34(33)43)44-25-26(6-3)12-8-5-2/h14-17,20-25,27-28,30,45H,4-13,18-19,26,29H2,1-3H3;11,13-22,24,26,43H,4-10,12,23,25H2,1-3H3. The first-order valence-corrected chi connectivity index (χ1v) is 36.4. The monoisotopic (exact) mass is 1270 g/mol. The fourth-order valence-electron chi connectivity index (χ4n) is 12.4. The second kappa shape index (κ2) is 34.4. The molecule has 0 aliphatic heterocycles. The summed E-state index contributed by atoms with van der Waals surface area (Å²) in [6.45, 7) is 14.7. The predicted octanol–water partition coefficient (Wildman–Crippen LogP) is 23.1. The van der Waals surface area contributed by atoms with Gasteiger partial charge in [0.25, 0.3) is 0 Å². The Morgan fingerprint density at radius 2 is 0.772 bits per heavy atom. The topological polar surface area (TPSA) is 136 Å². The first-order chi connectivity index (χ1) is 45.2. The summed E-state index contributed by atoms with van der Waals surface area (Å²) in [4.78, 5) is 29.8. The zero-order valence-electron chi connectivity index (χ0n) is 55.2. The zero-order valence-corrected chi connectivity index (χ0v) is 56.8. The molecule has 2 N–H and O–H groups in total. The largest absolute Gasteiger partial charge is 0.507 e. The molecular weight excluding hydrogens is 1170 g/mol. The van der Waals surface area contributed by atoms with Gasteiger partial charge >= 0.3 is 0 Å². The second-order valence-corrected chi connectivity index (χ2v) is 26.9. The van der Waals surface area contributed by atoms with Crippen molar-refractivity contribution in [3.8, 4) is 68.5 Å². The summed E-state index contributed by atoms with van der Waals surface area (Å²) in [5, 5.41) is 35.7. The van der Waals surface area contributed by atoms with Crippen LogP contribution >= 0.6 is 23.5 Å². The molecule has 9 aromatic carbocycles. The maximum atomic E-state index is 11.2. The Morgan fingerprint density at radius 1 is 0.348 bits per heavy atom. The molecule has 0 fully saturated rings. The van der Waals surface area contributed by atoms with Crippen molar-refractivity contribution < 1.29 is 19.7 Å². The van der Waals surface area contributed by atoms with E-state index >= 15 is 0 Å². The number of thioether (sulfide) groups is 2. The molecule has 480 valence electrons. The summed E-state index contributed by atoms with van der Waals surface area (Å²) >= 11 is 3.34. The number of fused-ring (bicyclic) bond motifs is 3. The van der Waals surface area contributed by atoms with Crippen LogP contribution in [0, 0.1) is 11.8 Å². The molecule has 11 aromatic rings. The van der Waals surface area contributed by atoms with Crippen molar-refractivity contribution in [3.05, 3.63) is 146 Å². The molecule has 2 heterocycles. The minimum absolute atomic E-state index is 0.112. The van der Waals surface area contributed by atoms with Gasteiger partial charge in [0, 0.05) is 34.8 Å². The van der Waals surface area contributed by atoms with Crippen LogP contribution in [0.4, 0.5) is 0 Å². The van der Waals surface area contributed by atoms with E-state index in [1.165, 1.54) is 128 Å². The van der Waals surface area contributed by atoms with E-state index in [1.54, 1.807) is 35.7 Å². The molecule has 2 aromatic heterocycles. The number of hydrogen-bond donors (Lipinski definition) is 2. The van der Waals surface area contributed by atoms with E-state index in [0.717, 1.165) is 77.3 Å². The fourth-order valence-corrected chi connectivity index (χ4v) is 14.1. The van der Waals surface area contributed by atoms with Gasteiger partial charge in [0.1, 0.15) is 23.0 Å². The molecule has 0 radical (unpaired) electrons. The molecule has 0 bridgehead atoms. The molecule has 0 amide bonds. The number of aromatic nitrogens is 6. The molecule has 2 unspecified atom stereocenters. The summed E-state index contributed by atoms with van der Waals surface area (Å²) in [7, 11) is 0. The highest BCUT2D eigenvalue weighted by molar-refractivity contribution is 7.99. The first kappa shape index (κ1) is 67.4. The lowest BCUT2D eigenvalue weighted by atomic mass is 9.92. The molecule has 12 heteroatoms. The third-order valence-corrected chi connectivity index (χ3v) is 19.8. The maximum absolute atomic E-state index is 11.2. The quantitative estimate of drug-likeness (QED) is 0.0226. The summed E-state index contributed by atoms with van der Waals surface area (Å²) < 4.78 is 12.2. The van der Waals surface area contributed by atoms with Crippen molar-refractivity contribution in [2.75, 3.05) is 24.7 Å². The van der Waals surface area contributed by atoms with Gasteiger partial charge in [-0.3, -0.25) is 0 Å². The van der Waals surface area contributed by atoms with E-state index in [9.17, 15) is 10.2 Å². The summed E-state index contributed by atoms with van der Waals surface area (Å²) in [6, 6.07) is 49.6. The molecule has 0 saturated carbocycles. The van der Waals surface area contributed by atoms with Crippen LogP contribution < -0.4 is 9.47 Å². The van der Waals surface area contributed by atoms with E-state index in [0.29, 0.717) is 81.3 Å². The van der Waals surface area contributed by atoms with Crippen molar-refractivity contribution >= 4 is 77.4 Å². The third kappa shape index (κ3) is 17.4. The Bertz CT molecular complexity index is 4120. The number of benzene rings is 9. The Balaban J connectivity index is 0.000000202. The Kier molecular flexibility index (Phi) is 25.2. The van der Waals surface area contributed by atoms with E-state index < -0.39 is 0 Å². The van der Waals surface area contributed by atoms with Crippen LogP contribution in [0.5, 0.6) is 23.0 Å². The average molecular weight is 1270 g/mol. The Morgan fingerprint density at radius 3 is 1.30 bits per heavy atom. The first-order valence-electron chi connectivity index (χ1n) is 34.5. The van der Waals surface area contributed by atoms with Gasteiger partial charge in [0.05, 0.1) is 24.3 Å². The molecule has 0 aliphatic rings. The normalized spacial score (nSPS) is 12.3. The van der Waals surface area contributed by atoms with Gasteiger partial charge in [0.15, 0.2) is 33.6 Å². The lowest BCUT2D eigenvalue weighted by Crippen LogP contribution is -2.11.